The first-order valence-electron chi connectivity index (χ1n) is 8.81. The summed E-state index contributed by atoms with van der Waals surface area (Å²) in [5.74, 6) is -0.124. The highest BCUT2D eigenvalue weighted by atomic mass is 16.5. The second-order valence-electron chi connectivity index (χ2n) is 6.10. The van der Waals surface area contributed by atoms with Crippen molar-refractivity contribution in [3.63, 3.8) is 0 Å². The molecule has 0 bridgehead atoms. The minimum absolute atomic E-state index is 0.199. The minimum atomic E-state index is -0.417. The van der Waals surface area contributed by atoms with Crippen LogP contribution in [0.4, 0.5) is 5.69 Å². The molecule has 0 radical (unpaired) electrons. The molecule has 7 heteroatoms. The summed E-state index contributed by atoms with van der Waals surface area (Å²) in [5, 5.41) is 6.06. The number of hydrogen-bond donors (Lipinski definition) is 2. The third-order valence-electron chi connectivity index (χ3n) is 4.21. The highest BCUT2D eigenvalue weighted by Gasteiger charge is 2.09. The minimum Gasteiger partial charge on any atom is -0.484 e. The van der Waals surface area contributed by atoms with Crippen LogP contribution in [0.25, 0.3) is 11.0 Å². The normalized spacial score (nSPS) is 10.5. The molecule has 7 nitrogen and oxygen atoms in total. The van der Waals surface area contributed by atoms with Crippen LogP contribution in [0.2, 0.25) is 0 Å². The number of amides is 2. The fourth-order valence-electron chi connectivity index (χ4n) is 2.79. The van der Waals surface area contributed by atoms with Crippen molar-refractivity contribution in [1.82, 2.24) is 5.32 Å². The molecular formula is C21H20N2O5. The molecule has 2 N–H and O–H groups in total. The third kappa shape index (κ3) is 4.37. The summed E-state index contributed by atoms with van der Waals surface area (Å²) in [4.78, 5) is 35.2. The molecule has 0 aliphatic carbocycles. The quantitative estimate of drug-likeness (QED) is 0.641. The van der Waals surface area contributed by atoms with Gasteiger partial charge in [-0.15, -0.1) is 0 Å². The van der Waals surface area contributed by atoms with E-state index >= 15 is 0 Å². The van der Waals surface area contributed by atoms with E-state index in [0.29, 0.717) is 29.0 Å². The van der Waals surface area contributed by atoms with Crippen molar-refractivity contribution in [3.8, 4) is 5.75 Å². The molecule has 0 aliphatic heterocycles. The van der Waals surface area contributed by atoms with E-state index in [1.165, 1.54) is 6.07 Å². The number of carbonyl (C=O) groups is 2. The average molecular weight is 380 g/mol. The zero-order valence-corrected chi connectivity index (χ0v) is 15.6. The summed E-state index contributed by atoms with van der Waals surface area (Å²) in [5.41, 5.74) is 1.96. The molecule has 0 aliphatic rings. The molecule has 1 aromatic heterocycles. The van der Waals surface area contributed by atoms with Gasteiger partial charge in [-0.25, -0.2) is 4.79 Å². The monoisotopic (exact) mass is 380 g/mol. The Morgan fingerprint density at radius 3 is 2.50 bits per heavy atom. The summed E-state index contributed by atoms with van der Waals surface area (Å²) in [6.45, 7) is 1.75. The number of fused-ring (bicyclic) bond motifs is 1. The maximum absolute atomic E-state index is 12.1. The van der Waals surface area contributed by atoms with E-state index in [-0.39, 0.29) is 18.4 Å². The maximum Gasteiger partial charge on any atom is 0.336 e. The van der Waals surface area contributed by atoms with Gasteiger partial charge in [-0.2, -0.15) is 0 Å². The van der Waals surface area contributed by atoms with Crippen LogP contribution in [0.1, 0.15) is 22.8 Å². The predicted octanol–water partition coefficient (Wildman–Crippen LogP) is 2.73. The van der Waals surface area contributed by atoms with Gasteiger partial charge in [0.1, 0.15) is 11.3 Å². The van der Waals surface area contributed by atoms with Crippen LogP contribution in [0.5, 0.6) is 5.75 Å². The first kappa shape index (κ1) is 19.2. The van der Waals surface area contributed by atoms with Gasteiger partial charge in [0.05, 0.1) is 0 Å². The number of nitrogens with one attached hydrogen (secondary N) is 2. The molecule has 1 heterocycles. The lowest BCUT2D eigenvalue weighted by molar-refractivity contribution is -0.118. The highest BCUT2D eigenvalue weighted by molar-refractivity contribution is 5.96. The van der Waals surface area contributed by atoms with Gasteiger partial charge in [-0.3, -0.25) is 9.59 Å². The number of anilines is 1. The Kier molecular flexibility index (Phi) is 5.74. The van der Waals surface area contributed by atoms with Crippen molar-refractivity contribution < 1.29 is 18.7 Å². The number of hydrogen-bond acceptors (Lipinski definition) is 5. The average Bonchev–Trinajstić information content (AvgIpc) is 2.71. The van der Waals surface area contributed by atoms with Crippen LogP contribution in [-0.2, 0) is 11.2 Å². The second-order valence-corrected chi connectivity index (χ2v) is 6.10. The van der Waals surface area contributed by atoms with Gasteiger partial charge in [0.15, 0.2) is 6.61 Å². The van der Waals surface area contributed by atoms with Crippen LogP contribution in [0, 0.1) is 0 Å². The molecule has 0 saturated heterocycles. The Balaban J connectivity index is 1.64. The van der Waals surface area contributed by atoms with E-state index in [4.69, 9.17) is 9.15 Å². The van der Waals surface area contributed by atoms with E-state index in [1.54, 1.807) is 43.4 Å². The fraction of sp³-hybridized carbons (Fsp3) is 0.190. The Hall–Kier alpha value is -3.61. The lowest BCUT2D eigenvalue weighted by Crippen LogP contribution is -2.20. The maximum atomic E-state index is 12.1. The van der Waals surface area contributed by atoms with Crippen molar-refractivity contribution in [1.29, 1.82) is 0 Å². The number of aryl methyl sites for hydroxylation is 1. The summed E-state index contributed by atoms with van der Waals surface area (Å²) in [6, 6.07) is 13.1. The SMILES string of the molecule is CCc1cc(=O)oc2cc(OCC(=O)Nc3ccc(C(=O)NC)cc3)ccc12. The lowest BCUT2D eigenvalue weighted by atomic mass is 10.1. The summed E-state index contributed by atoms with van der Waals surface area (Å²) < 4.78 is 10.7. The van der Waals surface area contributed by atoms with Crippen molar-refractivity contribution >= 4 is 28.5 Å². The van der Waals surface area contributed by atoms with Gasteiger partial charge in [0.2, 0.25) is 0 Å². The van der Waals surface area contributed by atoms with Crippen LogP contribution in [0.3, 0.4) is 0 Å². The van der Waals surface area contributed by atoms with Crippen molar-refractivity contribution in [2.24, 2.45) is 0 Å². The van der Waals surface area contributed by atoms with Crippen LogP contribution in [0.15, 0.2) is 57.7 Å². The zero-order chi connectivity index (χ0) is 20.1. The molecule has 0 unspecified atom stereocenters. The Morgan fingerprint density at radius 1 is 1.07 bits per heavy atom. The summed E-state index contributed by atoms with van der Waals surface area (Å²) >= 11 is 0. The van der Waals surface area contributed by atoms with E-state index in [9.17, 15) is 14.4 Å². The molecule has 0 atom stereocenters. The van der Waals surface area contributed by atoms with E-state index in [1.807, 2.05) is 13.0 Å². The molecule has 3 rings (SSSR count). The summed E-state index contributed by atoms with van der Waals surface area (Å²) in [6.07, 6.45) is 0.712. The van der Waals surface area contributed by atoms with Crippen molar-refractivity contribution in [2.75, 3.05) is 19.0 Å². The van der Waals surface area contributed by atoms with Crippen molar-refractivity contribution in [3.05, 3.63) is 70.1 Å². The van der Waals surface area contributed by atoms with Crippen molar-refractivity contribution in [2.45, 2.75) is 13.3 Å². The van der Waals surface area contributed by atoms with Gasteiger partial charge < -0.3 is 19.8 Å². The molecule has 0 fully saturated rings. The topological polar surface area (TPSA) is 97.6 Å². The zero-order valence-electron chi connectivity index (χ0n) is 15.6. The largest absolute Gasteiger partial charge is 0.484 e. The molecule has 28 heavy (non-hydrogen) atoms. The predicted molar refractivity (Wildman–Crippen MR) is 106 cm³/mol. The Labute approximate surface area is 161 Å². The number of benzene rings is 2. The van der Waals surface area contributed by atoms with Crippen LogP contribution < -0.4 is 21.0 Å². The first-order chi connectivity index (χ1) is 13.5. The van der Waals surface area contributed by atoms with E-state index in [2.05, 4.69) is 10.6 Å². The van der Waals surface area contributed by atoms with Gasteiger partial charge in [-0.1, -0.05) is 6.92 Å². The smallest absolute Gasteiger partial charge is 0.336 e. The molecule has 0 saturated carbocycles. The molecule has 2 aromatic carbocycles. The van der Waals surface area contributed by atoms with Crippen LogP contribution >= 0.6 is 0 Å². The fourth-order valence-corrected chi connectivity index (χ4v) is 2.79. The second kappa shape index (κ2) is 8.39. The standard InChI is InChI=1S/C21H20N2O5/c1-3-13-10-20(25)28-18-11-16(8-9-17(13)18)27-12-19(24)23-15-6-4-14(5-7-15)21(26)22-2/h4-11H,3,12H2,1-2H3,(H,22,26)(H,23,24). The first-order valence-corrected chi connectivity index (χ1v) is 8.81. The number of ether oxygens (including phenoxy) is 1. The molecule has 144 valence electrons. The molecule has 3 aromatic rings. The summed E-state index contributed by atoms with van der Waals surface area (Å²) in [7, 11) is 1.55. The lowest BCUT2D eigenvalue weighted by Gasteiger charge is -2.09. The van der Waals surface area contributed by atoms with Crippen LogP contribution in [-0.4, -0.2) is 25.5 Å². The number of carbonyl (C=O) groups excluding carboxylic acids is 2. The molecule has 2 amide bonds. The number of rotatable bonds is 6. The van der Waals surface area contributed by atoms with E-state index in [0.717, 1.165) is 10.9 Å². The van der Waals surface area contributed by atoms with Gasteiger partial charge in [0.25, 0.3) is 11.8 Å². The molecular weight excluding hydrogens is 360 g/mol. The Bertz CT molecular complexity index is 1070. The van der Waals surface area contributed by atoms with E-state index < -0.39 is 5.63 Å². The molecule has 0 spiro atoms. The Morgan fingerprint density at radius 2 is 1.82 bits per heavy atom. The van der Waals surface area contributed by atoms with Gasteiger partial charge >= 0.3 is 5.63 Å². The third-order valence-corrected chi connectivity index (χ3v) is 4.21. The van der Waals surface area contributed by atoms with Gasteiger partial charge in [-0.05, 0) is 48.4 Å². The van der Waals surface area contributed by atoms with Gasteiger partial charge in [0, 0.05) is 35.8 Å². The highest BCUT2D eigenvalue weighted by Crippen LogP contribution is 2.23.